The first-order valence-electron chi connectivity index (χ1n) is 12.6. The van der Waals surface area contributed by atoms with Crippen molar-refractivity contribution in [1.29, 1.82) is 0 Å². The quantitative estimate of drug-likeness (QED) is 0.712. The molecule has 3 saturated carbocycles. The van der Waals surface area contributed by atoms with Crippen molar-refractivity contribution in [1.82, 2.24) is 14.5 Å². The highest BCUT2D eigenvalue weighted by molar-refractivity contribution is 5.26. The minimum Gasteiger partial charge on any atom is -0.390 e. The van der Waals surface area contributed by atoms with Gasteiger partial charge in [0.05, 0.1) is 18.5 Å². The zero-order valence-electron chi connectivity index (χ0n) is 18.8. The molecule has 1 saturated heterocycles. The molecule has 1 aromatic rings. The van der Waals surface area contributed by atoms with Crippen LogP contribution in [0.1, 0.15) is 77.7 Å². The van der Waals surface area contributed by atoms with Crippen molar-refractivity contribution < 1.29 is 5.11 Å². The van der Waals surface area contributed by atoms with Crippen molar-refractivity contribution in [3.05, 3.63) is 30.4 Å². The van der Waals surface area contributed by atoms with Crippen molar-refractivity contribution >= 4 is 0 Å². The first kappa shape index (κ1) is 19.5. The van der Waals surface area contributed by atoms with Crippen LogP contribution in [0.25, 0.3) is 0 Å². The van der Waals surface area contributed by atoms with E-state index in [4.69, 9.17) is 0 Å². The van der Waals surface area contributed by atoms with Crippen molar-refractivity contribution in [3.63, 3.8) is 0 Å². The lowest BCUT2D eigenvalue weighted by Crippen LogP contribution is -2.52. The third-order valence-electron chi connectivity index (χ3n) is 10.6. The zero-order chi connectivity index (χ0) is 20.5. The molecule has 0 amide bonds. The minimum atomic E-state index is -0.248. The summed E-state index contributed by atoms with van der Waals surface area (Å²) < 4.78 is 2.18. The summed E-state index contributed by atoms with van der Waals surface area (Å²) in [5.41, 5.74) is 2.25. The van der Waals surface area contributed by atoms with Crippen LogP contribution in [0.4, 0.5) is 0 Å². The predicted octanol–water partition coefficient (Wildman–Crippen LogP) is 4.82. The van der Waals surface area contributed by atoms with Crippen LogP contribution in [0.5, 0.6) is 0 Å². The van der Waals surface area contributed by atoms with Crippen molar-refractivity contribution in [2.75, 3.05) is 13.1 Å². The molecule has 0 aromatic carbocycles. The van der Waals surface area contributed by atoms with E-state index in [0.717, 1.165) is 24.3 Å². The summed E-state index contributed by atoms with van der Waals surface area (Å²) in [7, 11) is 0. The Bertz CT molecular complexity index is 812. The summed E-state index contributed by atoms with van der Waals surface area (Å²) in [6.07, 6.45) is 20.0. The largest absolute Gasteiger partial charge is 0.390 e. The second-order valence-electron chi connectivity index (χ2n) is 11.7. The zero-order valence-corrected chi connectivity index (χ0v) is 18.8. The Hall–Kier alpha value is -1.13. The number of aliphatic hydroxyl groups excluding tert-OH is 1. The molecule has 1 aromatic heterocycles. The molecular weight excluding hydrogens is 370 g/mol. The van der Waals surface area contributed by atoms with Gasteiger partial charge in [0.25, 0.3) is 0 Å². The van der Waals surface area contributed by atoms with Gasteiger partial charge in [-0.2, -0.15) is 0 Å². The number of imidazole rings is 1. The van der Waals surface area contributed by atoms with Crippen LogP contribution >= 0.6 is 0 Å². The van der Waals surface area contributed by atoms with Crippen molar-refractivity contribution in [2.24, 2.45) is 28.6 Å². The molecule has 4 heteroatoms. The third kappa shape index (κ3) is 2.68. The first-order valence-corrected chi connectivity index (χ1v) is 12.6. The van der Waals surface area contributed by atoms with Crippen LogP contribution < -0.4 is 0 Å². The number of allylic oxidation sites excluding steroid dienone is 1. The Morgan fingerprint density at radius 3 is 2.70 bits per heavy atom. The van der Waals surface area contributed by atoms with E-state index in [1.54, 1.807) is 5.57 Å². The molecule has 8 atom stereocenters. The minimum absolute atomic E-state index is 0.0601. The Labute approximate surface area is 181 Å². The monoisotopic (exact) mass is 409 g/mol. The highest BCUT2D eigenvalue weighted by Gasteiger charge is 2.61. The predicted molar refractivity (Wildman–Crippen MR) is 119 cm³/mol. The van der Waals surface area contributed by atoms with Gasteiger partial charge >= 0.3 is 0 Å². The van der Waals surface area contributed by atoms with Crippen LogP contribution in [0.2, 0.25) is 0 Å². The van der Waals surface area contributed by atoms with Gasteiger partial charge in [-0.15, -0.1) is 0 Å². The summed E-state index contributed by atoms with van der Waals surface area (Å²) in [6, 6.07) is 1.00. The maximum atomic E-state index is 11.4. The van der Waals surface area contributed by atoms with Gasteiger partial charge in [-0.05, 0) is 99.5 Å². The molecule has 0 unspecified atom stereocenters. The van der Waals surface area contributed by atoms with Gasteiger partial charge in [-0.3, -0.25) is 0 Å². The maximum Gasteiger partial charge on any atom is 0.0949 e. The van der Waals surface area contributed by atoms with Gasteiger partial charge in [0.1, 0.15) is 0 Å². The van der Waals surface area contributed by atoms with Gasteiger partial charge in [-0.25, -0.2) is 4.98 Å². The van der Waals surface area contributed by atoms with E-state index in [-0.39, 0.29) is 17.6 Å². The lowest BCUT2D eigenvalue weighted by molar-refractivity contribution is -0.0724. The summed E-state index contributed by atoms with van der Waals surface area (Å²) in [6.45, 7) is 7.65. The van der Waals surface area contributed by atoms with E-state index >= 15 is 0 Å². The van der Waals surface area contributed by atoms with Crippen LogP contribution in [0, 0.1) is 28.6 Å². The van der Waals surface area contributed by atoms with E-state index in [2.05, 4.69) is 34.4 Å². The molecule has 5 aliphatic rings. The molecule has 4 nitrogen and oxygen atoms in total. The number of likely N-dealkylation sites (tertiary alicyclic amines) is 1. The topological polar surface area (TPSA) is 41.3 Å². The molecule has 0 spiro atoms. The fourth-order valence-corrected chi connectivity index (χ4v) is 8.80. The Morgan fingerprint density at radius 1 is 1.10 bits per heavy atom. The summed E-state index contributed by atoms with van der Waals surface area (Å²) in [5, 5.41) is 11.4. The van der Waals surface area contributed by atoms with Crippen LogP contribution in [-0.2, 0) is 0 Å². The van der Waals surface area contributed by atoms with E-state index < -0.39 is 0 Å². The van der Waals surface area contributed by atoms with E-state index in [1.807, 2.05) is 18.7 Å². The van der Waals surface area contributed by atoms with Gasteiger partial charge in [0, 0.05) is 18.4 Å². The molecule has 0 radical (unpaired) electrons. The van der Waals surface area contributed by atoms with Crippen molar-refractivity contribution in [3.8, 4) is 0 Å². The van der Waals surface area contributed by atoms with Gasteiger partial charge in [0.2, 0.25) is 0 Å². The summed E-state index contributed by atoms with van der Waals surface area (Å²) in [5.74, 6) is 2.18. The summed E-state index contributed by atoms with van der Waals surface area (Å²) >= 11 is 0. The van der Waals surface area contributed by atoms with Crippen LogP contribution in [0.15, 0.2) is 30.4 Å². The number of hydrogen-bond acceptors (Lipinski definition) is 3. The van der Waals surface area contributed by atoms with Gasteiger partial charge in [0.15, 0.2) is 0 Å². The molecule has 2 heterocycles. The van der Waals surface area contributed by atoms with Gasteiger partial charge < -0.3 is 14.6 Å². The fraction of sp³-hybridized carbons (Fsp3) is 0.808. The average molecular weight is 410 g/mol. The van der Waals surface area contributed by atoms with E-state index in [1.165, 1.54) is 64.5 Å². The SMILES string of the molecule is C[C@]12CC[C@H]3[C@@H](CC=C4C[C@@H](N5CCCC5)CC[C@@]43C)[C@@H]1C[C@H](n1ccnc1)[C@@H]2O. The molecule has 4 fully saturated rings. The molecule has 0 bridgehead atoms. The number of rotatable bonds is 2. The summed E-state index contributed by atoms with van der Waals surface area (Å²) in [4.78, 5) is 7.05. The Morgan fingerprint density at radius 2 is 1.93 bits per heavy atom. The number of nitrogens with zero attached hydrogens (tertiary/aromatic N) is 3. The molecule has 1 N–H and O–H groups in total. The second kappa shape index (κ2) is 6.93. The lowest BCUT2D eigenvalue weighted by atomic mass is 9.48. The molecule has 1 aliphatic heterocycles. The van der Waals surface area contributed by atoms with Gasteiger partial charge in [-0.1, -0.05) is 25.5 Å². The third-order valence-corrected chi connectivity index (χ3v) is 10.6. The number of hydrogen-bond donors (Lipinski definition) is 1. The van der Waals surface area contributed by atoms with Crippen molar-refractivity contribution in [2.45, 2.75) is 89.8 Å². The molecule has 4 aliphatic carbocycles. The van der Waals surface area contributed by atoms with E-state index in [0.29, 0.717) is 11.3 Å². The molecular formula is C26H39N3O. The highest BCUT2D eigenvalue weighted by atomic mass is 16.3. The second-order valence-corrected chi connectivity index (χ2v) is 11.7. The number of fused-ring (bicyclic) bond motifs is 5. The first-order chi connectivity index (χ1) is 14.5. The standard InChI is InChI=1S/C26H39N3O/c1-25-9-7-19(28-12-3-4-13-28)15-18(25)5-6-20-21(25)8-10-26(2)22(20)16-23(24(26)30)29-14-11-27-17-29/h5,11,14,17,19-24,30H,3-4,6-10,12-13,15-16H2,1-2H3/t19-,20+,21-,22-,23-,24-,25-,26-/m0/s1. The Balaban J connectivity index is 1.27. The fourth-order valence-electron chi connectivity index (χ4n) is 8.80. The number of aliphatic hydroxyl groups is 1. The maximum absolute atomic E-state index is 11.4. The number of aromatic nitrogens is 2. The lowest BCUT2D eigenvalue weighted by Gasteiger charge is -2.58. The average Bonchev–Trinajstić information content (AvgIpc) is 3.49. The molecule has 6 rings (SSSR count). The van der Waals surface area contributed by atoms with Crippen LogP contribution in [-0.4, -0.2) is 44.8 Å². The smallest absolute Gasteiger partial charge is 0.0949 e. The normalized spacial score (nSPS) is 48.7. The molecule has 164 valence electrons. The highest BCUT2D eigenvalue weighted by Crippen LogP contribution is 2.66. The Kier molecular flexibility index (Phi) is 4.52. The van der Waals surface area contributed by atoms with Crippen LogP contribution in [0.3, 0.4) is 0 Å². The molecule has 30 heavy (non-hydrogen) atoms. The van der Waals surface area contributed by atoms with E-state index in [9.17, 15) is 5.11 Å².